The van der Waals surface area contributed by atoms with Crippen LogP contribution in [0.15, 0.2) is 69.7 Å². The van der Waals surface area contributed by atoms with Crippen LogP contribution in [0.3, 0.4) is 0 Å². The first-order valence-electron chi connectivity index (χ1n) is 7.81. The first-order valence-corrected chi connectivity index (χ1v) is 8.98. The van der Waals surface area contributed by atoms with Crippen molar-refractivity contribution in [3.8, 4) is 0 Å². The van der Waals surface area contributed by atoms with Gasteiger partial charge in [0.2, 0.25) is 5.89 Å². The van der Waals surface area contributed by atoms with E-state index in [9.17, 15) is 4.79 Å². The maximum Gasteiger partial charge on any atom is 0.232 e. The fraction of sp³-hybridized carbons (Fsp3) is 0. The first-order chi connectivity index (χ1) is 12.7. The first kappa shape index (κ1) is 16.8. The number of allylic oxidation sites excluding steroid dienone is 1. The molecule has 0 spiro atoms. The lowest BCUT2D eigenvalue weighted by Gasteiger charge is -2.08. The molecule has 128 valence electrons. The van der Waals surface area contributed by atoms with E-state index in [1.807, 2.05) is 36.4 Å². The molecular weight excluding hydrogens is 416 g/mol. The number of aromatic nitrogens is 1. The third-order valence-electron chi connectivity index (χ3n) is 3.98. The zero-order valence-electron chi connectivity index (χ0n) is 13.4. The molecule has 0 saturated heterocycles. The lowest BCUT2D eigenvalue weighted by Crippen LogP contribution is -1.94. The van der Waals surface area contributed by atoms with Crippen LogP contribution in [0.1, 0.15) is 5.89 Å². The molecule has 4 aromatic rings. The standard InChI is InChI=1S/C20H12BrClN2O2/c21-16-6-7-17(15-4-2-1-3-14(15)16)23-10-12(11-25)20-24-18-9-13(22)5-8-19(18)26-20/h1-11,23H/b12-10+. The molecule has 1 aromatic heterocycles. The molecule has 3 aromatic carbocycles. The third-order valence-corrected chi connectivity index (χ3v) is 4.90. The van der Waals surface area contributed by atoms with Crippen molar-refractivity contribution in [2.75, 3.05) is 5.32 Å². The van der Waals surface area contributed by atoms with Crippen molar-refractivity contribution in [2.24, 2.45) is 0 Å². The second-order valence-corrected chi connectivity index (χ2v) is 6.92. The summed E-state index contributed by atoms with van der Waals surface area (Å²) in [5.74, 6) is 0.242. The van der Waals surface area contributed by atoms with E-state index in [-0.39, 0.29) is 5.89 Å². The zero-order chi connectivity index (χ0) is 18.1. The van der Waals surface area contributed by atoms with Gasteiger partial charge in [-0.25, -0.2) is 4.98 Å². The Labute approximate surface area is 162 Å². The molecule has 0 amide bonds. The number of nitrogens with one attached hydrogen (secondary N) is 1. The summed E-state index contributed by atoms with van der Waals surface area (Å²) in [6.07, 6.45) is 2.30. The average Bonchev–Trinajstić information content (AvgIpc) is 3.07. The van der Waals surface area contributed by atoms with Crippen molar-refractivity contribution in [2.45, 2.75) is 0 Å². The van der Waals surface area contributed by atoms with E-state index >= 15 is 0 Å². The smallest absolute Gasteiger partial charge is 0.232 e. The second-order valence-electron chi connectivity index (χ2n) is 5.63. The monoisotopic (exact) mass is 426 g/mol. The predicted octanol–water partition coefficient (Wildman–Crippen LogP) is 6.05. The van der Waals surface area contributed by atoms with Crippen molar-refractivity contribution in [1.82, 2.24) is 4.98 Å². The number of aldehydes is 1. The molecule has 0 bridgehead atoms. The Balaban J connectivity index is 1.72. The highest BCUT2D eigenvalue weighted by molar-refractivity contribution is 9.10. The third kappa shape index (κ3) is 3.11. The van der Waals surface area contributed by atoms with Gasteiger partial charge in [0.15, 0.2) is 11.9 Å². The molecule has 0 aliphatic carbocycles. The maximum atomic E-state index is 11.5. The maximum absolute atomic E-state index is 11.5. The minimum atomic E-state index is 0.242. The van der Waals surface area contributed by atoms with Gasteiger partial charge in [-0.3, -0.25) is 4.79 Å². The van der Waals surface area contributed by atoms with Gasteiger partial charge in [0.25, 0.3) is 0 Å². The van der Waals surface area contributed by atoms with Crippen LogP contribution < -0.4 is 5.32 Å². The van der Waals surface area contributed by atoms with Crippen LogP contribution in [0.2, 0.25) is 5.02 Å². The highest BCUT2D eigenvalue weighted by atomic mass is 79.9. The molecule has 0 aliphatic rings. The van der Waals surface area contributed by atoms with Crippen molar-refractivity contribution in [3.05, 3.63) is 76.2 Å². The minimum Gasteiger partial charge on any atom is -0.436 e. The zero-order valence-corrected chi connectivity index (χ0v) is 15.7. The van der Waals surface area contributed by atoms with Gasteiger partial charge in [-0.15, -0.1) is 0 Å². The summed E-state index contributed by atoms with van der Waals surface area (Å²) in [7, 11) is 0. The number of hydrogen-bond donors (Lipinski definition) is 1. The Bertz CT molecular complexity index is 1170. The van der Waals surface area contributed by atoms with Gasteiger partial charge in [-0.1, -0.05) is 51.8 Å². The summed E-state index contributed by atoms with van der Waals surface area (Å²) in [4.78, 5) is 15.9. The number of carbonyl (C=O) groups is 1. The topological polar surface area (TPSA) is 55.1 Å². The lowest BCUT2D eigenvalue weighted by molar-refractivity contribution is -0.103. The Morgan fingerprint density at radius 3 is 2.73 bits per heavy atom. The van der Waals surface area contributed by atoms with E-state index in [1.54, 1.807) is 24.4 Å². The Morgan fingerprint density at radius 1 is 1.12 bits per heavy atom. The molecule has 6 heteroatoms. The van der Waals surface area contributed by atoms with Crippen LogP contribution in [0.4, 0.5) is 5.69 Å². The summed E-state index contributed by atoms with van der Waals surface area (Å²) in [6, 6.07) is 17.0. The van der Waals surface area contributed by atoms with Crippen LogP contribution in [0.25, 0.3) is 27.4 Å². The van der Waals surface area contributed by atoms with Gasteiger partial charge < -0.3 is 9.73 Å². The average molecular weight is 428 g/mol. The van der Waals surface area contributed by atoms with E-state index in [0.29, 0.717) is 28.0 Å². The second kappa shape index (κ2) is 6.94. The summed E-state index contributed by atoms with van der Waals surface area (Å²) in [5.41, 5.74) is 2.37. The van der Waals surface area contributed by atoms with Gasteiger partial charge in [0, 0.05) is 26.8 Å². The largest absolute Gasteiger partial charge is 0.436 e. The van der Waals surface area contributed by atoms with Crippen LogP contribution in [-0.4, -0.2) is 11.3 Å². The number of carbonyl (C=O) groups excluding carboxylic acids is 1. The highest BCUT2D eigenvalue weighted by Gasteiger charge is 2.11. The van der Waals surface area contributed by atoms with Gasteiger partial charge in [0.05, 0.1) is 5.57 Å². The Kier molecular flexibility index (Phi) is 4.49. The van der Waals surface area contributed by atoms with E-state index in [2.05, 4.69) is 26.2 Å². The van der Waals surface area contributed by atoms with Crippen molar-refractivity contribution < 1.29 is 9.21 Å². The number of rotatable bonds is 4. The minimum absolute atomic E-state index is 0.242. The molecule has 26 heavy (non-hydrogen) atoms. The number of nitrogens with zero attached hydrogens (tertiary/aromatic N) is 1. The van der Waals surface area contributed by atoms with E-state index in [0.717, 1.165) is 20.9 Å². The number of fused-ring (bicyclic) bond motifs is 2. The quantitative estimate of drug-likeness (QED) is 0.318. The number of anilines is 1. The van der Waals surface area contributed by atoms with Gasteiger partial charge >= 0.3 is 0 Å². The van der Waals surface area contributed by atoms with Crippen LogP contribution in [0, 0.1) is 0 Å². The molecular formula is C20H12BrClN2O2. The van der Waals surface area contributed by atoms with E-state index in [4.69, 9.17) is 16.0 Å². The Morgan fingerprint density at radius 2 is 1.92 bits per heavy atom. The van der Waals surface area contributed by atoms with Crippen molar-refractivity contribution in [1.29, 1.82) is 0 Å². The van der Waals surface area contributed by atoms with Crippen LogP contribution in [-0.2, 0) is 4.79 Å². The van der Waals surface area contributed by atoms with Gasteiger partial charge in [0.1, 0.15) is 5.52 Å². The molecule has 0 saturated carbocycles. The summed E-state index contributed by atoms with van der Waals surface area (Å²) in [5, 5.41) is 5.86. The molecule has 4 nitrogen and oxygen atoms in total. The van der Waals surface area contributed by atoms with Gasteiger partial charge in [-0.05, 0) is 35.7 Å². The molecule has 0 atom stereocenters. The molecule has 0 aliphatic heterocycles. The summed E-state index contributed by atoms with van der Waals surface area (Å²) in [6.45, 7) is 0. The normalized spacial score (nSPS) is 11.8. The molecule has 0 fully saturated rings. The lowest BCUT2D eigenvalue weighted by atomic mass is 10.1. The summed E-state index contributed by atoms with van der Waals surface area (Å²) >= 11 is 9.52. The van der Waals surface area contributed by atoms with Crippen LogP contribution >= 0.6 is 27.5 Å². The fourth-order valence-corrected chi connectivity index (χ4v) is 3.36. The SMILES string of the molecule is O=C/C(=C\Nc1ccc(Br)c2ccccc12)c1nc2cc(Cl)ccc2o1. The van der Waals surface area contributed by atoms with E-state index in [1.165, 1.54) is 0 Å². The number of oxazole rings is 1. The van der Waals surface area contributed by atoms with Crippen molar-refractivity contribution in [3.63, 3.8) is 0 Å². The molecule has 1 N–H and O–H groups in total. The number of benzene rings is 3. The fourth-order valence-electron chi connectivity index (χ4n) is 2.71. The molecule has 1 heterocycles. The molecule has 0 unspecified atom stereocenters. The highest BCUT2D eigenvalue weighted by Crippen LogP contribution is 2.30. The summed E-state index contributed by atoms with van der Waals surface area (Å²) < 4.78 is 6.66. The van der Waals surface area contributed by atoms with Gasteiger partial charge in [-0.2, -0.15) is 0 Å². The molecule has 0 radical (unpaired) electrons. The number of hydrogen-bond acceptors (Lipinski definition) is 4. The predicted molar refractivity (Wildman–Crippen MR) is 108 cm³/mol. The van der Waals surface area contributed by atoms with E-state index < -0.39 is 0 Å². The Hall–Kier alpha value is -2.63. The van der Waals surface area contributed by atoms with Crippen LogP contribution in [0.5, 0.6) is 0 Å². The van der Waals surface area contributed by atoms with Crippen molar-refractivity contribution >= 4 is 66.9 Å². The molecule has 4 rings (SSSR count). The number of halogens is 2.